The first-order valence-electron chi connectivity index (χ1n) is 7.06. The Morgan fingerprint density at radius 3 is 3.06 bits per heavy atom. The fourth-order valence-electron chi connectivity index (χ4n) is 3.57. The number of hydrogen-bond donors (Lipinski definition) is 1. The average molecular weight is 234 g/mol. The molecule has 0 aromatic carbocycles. The van der Waals surface area contributed by atoms with Crippen molar-refractivity contribution in [2.45, 2.75) is 64.1 Å². The van der Waals surface area contributed by atoms with E-state index in [9.17, 15) is 5.11 Å². The molecule has 0 saturated heterocycles. The van der Waals surface area contributed by atoms with Gasteiger partial charge in [0.2, 0.25) is 0 Å². The Kier molecular flexibility index (Phi) is 2.99. The van der Waals surface area contributed by atoms with Gasteiger partial charge in [0.15, 0.2) is 0 Å². The zero-order valence-corrected chi connectivity index (χ0v) is 10.6. The fourth-order valence-corrected chi connectivity index (χ4v) is 3.57. The number of hydrogen-bond acceptors (Lipinski definition) is 2. The lowest BCUT2D eigenvalue weighted by atomic mass is 9.80. The Labute approximate surface area is 103 Å². The molecule has 0 saturated carbocycles. The summed E-state index contributed by atoms with van der Waals surface area (Å²) in [5.41, 5.74) is 2.85. The van der Waals surface area contributed by atoms with E-state index in [4.69, 9.17) is 4.74 Å². The van der Waals surface area contributed by atoms with Crippen LogP contribution in [0, 0.1) is 5.92 Å². The van der Waals surface area contributed by atoms with Gasteiger partial charge in [0.1, 0.15) is 0 Å². The lowest BCUT2D eigenvalue weighted by molar-refractivity contribution is 0.0642. The van der Waals surface area contributed by atoms with E-state index in [1.54, 1.807) is 0 Å². The maximum absolute atomic E-state index is 9.94. The standard InChI is InChI=1S/C15H22O2/c1-2-3-10-4-5-13-11-6-8-14(16)12(11)7-9-15(13)17-10/h6,10,12,14,16H,2-5,7-9H2,1H3. The summed E-state index contributed by atoms with van der Waals surface area (Å²) in [6, 6.07) is 0. The number of aliphatic hydroxyl groups excluding tert-OH is 1. The molecule has 0 bridgehead atoms. The minimum Gasteiger partial charge on any atom is -0.494 e. The highest BCUT2D eigenvalue weighted by Gasteiger charge is 2.37. The molecule has 3 unspecified atom stereocenters. The van der Waals surface area contributed by atoms with Crippen LogP contribution in [0.1, 0.15) is 51.9 Å². The van der Waals surface area contributed by atoms with Crippen LogP contribution in [0.2, 0.25) is 0 Å². The molecule has 3 rings (SSSR count). The van der Waals surface area contributed by atoms with E-state index in [1.807, 2.05) is 0 Å². The number of ether oxygens (including phenoxy) is 1. The molecule has 0 spiro atoms. The maximum atomic E-state index is 9.94. The normalized spacial score (nSPS) is 36.1. The van der Waals surface area contributed by atoms with Crippen molar-refractivity contribution in [1.29, 1.82) is 0 Å². The van der Waals surface area contributed by atoms with E-state index in [0.29, 0.717) is 12.0 Å². The minimum absolute atomic E-state index is 0.132. The van der Waals surface area contributed by atoms with Crippen molar-refractivity contribution >= 4 is 0 Å². The van der Waals surface area contributed by atoms with Gasteiger partial charge in [0, 0.05) is 12.3 Å². The zero-order valence-electron chi connectivity index (χ0n) is 10.6. The second kappa shape index (κ2) is 4.49. The molecule has 94 valence electrons. The van der Waals surface area contributed by atoms with Crippen molar-refractivity contribution in [3.63, 3.8) is 0 Å². The first-order valence-corrected chi connectivity index (χ1v) is 7.06. The van der Waals surface area contributed by atoms with Crippen molar-refractivity contribution in [3.8, 4) is 0 Å². The van der Waals surface area contributed by atoms with E-state index < -0.39 is 0 Å². The Morgan fingerprint density at radius 1 is 1.35 bits per heavy atom. The minimum atomic E-state index is -0.132. The smallest absolute Gasteiger partial charge is 0.0998 e. The predicted octanol–water partition coefficient (Wildman–Crippen LogP) is 3.32. The van der Waals surface area contributed by atoms with Gasteiger partial charge in [0.25, 0.3) is 0 Å². The Morgan fingerprint density at radius 2 is 2.24 bits per heavy atom. The van der Waals surface area contributed by atoms with Crippen LogP contribution in [0.5, 0.6) is 0 Å². The third-order valence-corrected chi connectivity index (χ3v) is 4.45. The molecule has 17 heavy (non-hydrogen) atoms. The Bertz CT molecular complexity index is 367. The van der Waals surface area contributed by atoms with Gasteiger partial charge in [-0.3, -0.25) is 0 Å². The molecule has 0 aromatic rings. The summed E-state index contributed by atoms with van der Waals surface area (Å²) in [7, 11) is 0. The zero-order chi connectivity index (χ0) is 11.8. The van der Waals surface area contributed by atoms with Crippen molar-refractivity contribution in [3.05, 3.63) is 23.0 Å². The molecule has 2 aliphatic carbocycles. The van der Waals surface area contributed by atoms with Crippen molar-refractivity contribution in [2.24, 2.45) is 5.92 Å². The molecule has 3 aliphatic rings. The summed E-state index contributed by atoms with van der Waals surface area (Å²) in [6.45, 7) is 2.22. The SMILES string of the molecule is CCCC1CCC2=C(CCC3C2=CCC3O)O1. The quantitative estimate of drug-likeness (QED) is 0.794. The lowest BCUT2D eigenvalue weighted by Crippen LogP contribution is -2.27. The Hall–Kier alpha value is -0.760. The summed E-state index contributed by atoms with van der Waals surface area (Å²) in [5.74, 6) is 1.64. The second-order valence-electron chi connectivity index (χ2n) is 5.58. The number of rotatable bonds is 2. The summed E-state index contributed by atoms with van der Waals surface area (Å²) in [4.78, 5) is 0. The number of allylic oxidation sites excluding steroid dienone is 2. The van der Waals surface area contributed by atoms with Gasteiger partial charge in [0.05, 0.1) is 18.0 Å². The lowest BCUT2D eigenvalue weighted by Gasteiger charge is -2.35. The largest absolute Gasteiger partial charge is 0.494 e. The predicted molar refractivity (Wildman–Crippen MR) is 67.5 cm³/mol. The molecule has 0 amide bonds. The van der Waals surface area contributed by atoms with Gasteiger partial charge in [-0.2, -0.15) is 0 Å². The molecule has 2 heteroatoms. The van der Waals surface area contributed by atoms with Crippen molar-refractivity contribution in [1.82, 2.24) is 0 Å². The molecule has 3 atom stereocenters. The van der Waals surface area contributed by atoms with E-state index in [0.717, 1.165) is 32.1 Å². The van der Waals surface area contributed by atoms with Crippen LogP contribution in [0.25, 0.3) is 0 Å². The first-order chi connectivity index (χ1) is 8.29. The van der Waals surface area contributed by atoms with Crippen LogP contribution < -0.4 is 0 Å². The number of aliphatic hydroxyl groups is 1. The fraction of sp³-hybridized carbons (Fsp3) is 0.733. The van der Waals surface area contributed by atoms with Crippen LogP contribution in [0.15, 0.2) is 23.0 Å². The third kappa shape index (κ3) is 1.93. The van der Waals surface area contributed by atoms with Gasteiger partial charge >= 0.3 is 0 Å². The topological polar surface area (TPSA) is 29.5 Å². The van der Waals surface area contributed by atoms with Crippen LogP contribution in [0.4, 0.5) is 0 Å². The highest BCUT2D eigenvalue weighted by molar-refractivity contribution is 5.42. The van der Waals surface area contributed by atoms with Gasteiger partial charge in [-0.25, -0.2) is 0 Å². The van der Waals surface area contributed by atoms with Gasteiger partial charge < -0.3 is 9.84 Å². The van der Waals surface area contributed by atoms with E-state index in [1.165, 1.54) is 29.7 Å². The highest BCUT2D eigenvalue weighted by Crippen LogP contribution is 2.46. The molecule has 1 aliphatic heterocycles. The molecular weight excluding hydrogens is 212 g/mol. The summed E-state index contributed by atoms with van der Waals surface area (Å²) in [5, 5.41) is 9.94. The maximum Gasteiger partial charge on any atom is 0.0998 e. The molecule has 1 N–H and O–H groups in total. The second-order valence-corrected chi connectivity index (χ2v) is 5.58. The molecular formula is C15H22O2. The Balaban J connectivity index is 1.80. The first kappa shape index (κ1) is 11.3. The van der Waals surface area contributed by atoms with Crippen LogP contribution in [-0.2, 0) is 4.74 Å². The van der Waals surface area contributed by atoms with Crippen LogP contribution in [0.3, 0.4) is 0 Å². The molecule has 0 aromatic heterocycles. The number of fused-ring (bicyclic) bond motifs is 2. The molecule has 0 fully saturated rings. The summed E-state index contributed by atoms with van der Waals surface area (Å²) in [6.07, 6.45) is 10.2. The summed E-state index contributed by atoms with van der Waals surface area (Å²) < 4.78 is 6.13. The van der Waals surface area contributed by atoms with Crippen LogP contribution >= 0.6 is 0 Å². The summed E-state index contributed by atoms with van der Waals surface area (Å²) >= 11 is 0. The third-order valence-electron chi connectivity index (χ3n) is 4.45. The molecule has 2 nitrogen and oxygen atoms in total. The van der Waals surface area contributed by atoms with E-state index in [2.05, 4.69) is 13.0 Å². The van der Waals surface area contributed by atoms with Gasteiger partial charge in [-0.05, 0) is 43.3 Å². The average Bonchev–Trinajstić information content (AvgIpc) is 2.72. The van der Waals surface area contributed by atoms with Crippen molar-refractivity contribution in [2.75, 3.05) is 0 Å². The van der Waals surface area contributed by atoms with Crippen molar-refractivity contribution < 1.29 is 9.84 Å². The van der Waals surface area contributed by atoms with Gasteiger partial charge in [-0.1, -0.05) is 19.4 Å². The molecule has 1 heterocycles. The molecule has 0 radical (unpaired) electrons. The van der Waals surface area contributed by atoms with Gasteiger partial charge in [-0.15, -0.1) is 0 Å². The van der Waals surface area contributed by atoms with E-state index >= 15 is 0 Å². The van der Waals surface area contributed by atoms with E-state index in [-0.39, 0.29) is 6.10 Å². The van der Waals surface area contributed by atoms with Crippen LogP contribution in [-0.4, -0.2) is 17.3 Å². The monoisotopic (exact) mass is 234 g/mol. The highest BCUT2D eigenvalue weighted by atomic mass is 16.5.